The molecule has 25 heavy (non-hydrogen) atoms. The third-order valence-electron chi connectivity index (χ3n) is 3.84. The highest BCUT2D eigenvalue weighted by Gasteiger charge is 2.45. The molecule has 3 rings (SSSR count). The summed E-state index contributed by atoms with van der Waals surface area (Å²) < 4.78 is 32.6. The first-order valence-electron chi connectivity index (χ1n) is 8.01. The molecule has 1 N–H and O–H groups in total. The van der Waals surface area contributed by atoms with Gasteiger partial charge in [-0.25, -0.2) is 23.2 Å². The molecule has 1 aliphatic carbocycles. The predicted octanol–water partition coefficient (Wildman–Crippen LogP) is 2.67. The molecule has 0 saturated heterocycles. The largest absolute Gasteiger partial charge is 0.461 e. The molecule has 0 amide bonds. The van der Waals surface area contributed by atoms with E-state index in [4.69, 9.17) is 4.74 Å². The monoisotopic (exact) mass is 351 g/mol. The Morgan fingerprint density at radius 3 is 2.64 bits per heavy atom. The summed E-state index contributed by atoms with van der Waals surface area (Å²) >= 11 is 0. The number of carbonyl (C=O) groups is 1. The topological polar surface area (TPSA) is 81.9 Å². The average molecular weight is 351 g/mol. The molecule has 1 fully saturated rings. The second kappa shape index (κ2) is 6.38. The second-order valence-electron chi connectivity index (χ2n) is 6.10. The smallest absolute Gasteiger partial charge is 0.357 e. The third kappa shape index (κ3) is 3.75. The molecular weight excluding hydrogens is 332 g/mol. The summed E-state index contributed by atoms with van der Waals surface area (Å²) in [7, 11) is 0. The van der Waals surface area contributed by atoms with E-state index in [1.54, 1.807) is 6.92 Å². The number of rotatable bonds is 5. The van der Waals surface area contributed by atoms with E-state index in [1.165, 1.54) is 10.7 Å². The Balaban J connectivity index is 1.94. The van der Waals surface area contributed by atoms with Crippen LogP contribution in [0.1, 0.15) is 41.6 Å². The lowest BCUT2D eigenvalue weighted by molar-refractivity contribution is -0.0794. The van der Waals surface area contributed by atoms with Gasteiger partial charge in [0.2, 0.25) is 0 Å². The van der Waals surface area contributed by atoms with Crippen LogP contribution in [-0.4, -0.2) is 44.3 Å². The lowest BCUT2D eigenvalue weighted by atomic mass is 9.88. The van der Waals surface area contributed by atoms with Crippen molar-refractivity contribution in [2.24, 2.45) is 0 Å². The Kier molecular flexibility index (Phi) is 4.40. The Labute approximate surface area is 143 Å². The maximum atomic E-state index is 13.0. The highest BCUT2D eigenvalue weighted by Crippen LogP contribution is 2.38. The van der Waals surface area contributed by atoms with Crippen molar-refractivity contribution in [3.63, 3.8) is 0 Å². The van der Waals surface area contributed by atoms with E-state index in [0.29, 0.717) is 5.82 Å². The molecule has 0 bridgehead atoms. The van der Waals surface area contributed by atoms with Crippen LogP contribution < -0.4 is 5.32 Å². The van der Waals surface area contributed by atoms with E-state index in [1.807, 2.05) is 19.9 Å². The number of anilines is 1. The molecule has 134 valence electrons. The second-order valence-corrected chi connectivity index (χ2v) is 6.10. The number of halogens is 2. The number of ether oxygens (including phenoxy) is 1. The van der Waals surface area contributed by atoms with Crippen molar-refractivity contribution in [1.29, 1.82) is 0 Å². The molecule has 0 radical (unpaired) electrons. The van der Waals surface area contributed by atoms with Crippen LogP contribution in [0, 0.1) is 13.8 Å². The lowest BCUT2D eigenvalue weighted by Gasteiger charge is -2.35. The number of hydrogen-bond acceptors (Lipinski definition) is 6. The summed E-state index contributed by atoms with van der Waals surface area (Å²) in [4.78, 5) is 20.6. The van der Waals surface area contributed by atoms with Crippen molar-refractivity contribution in [2.75, 3.05) is 11.9 Å². The van der Waals surface area contributed by atoms with Crippen LogP contribution in [-0.2, 0) is 4.74 Å². The standard InChI is InChI=1S/C16H19F2N5O2/c1-4-25-14(24)12-6-13(19-11-7-16(17,18)8-11)21-15(20-12)23-10(3)5-9(2)22-23/h5-6,11H,4,7-8H2,1-3H3,(H,19,20,21). The Hall–Kier alpha value is -2.58. The molecule has 7 nitrogen and oxygen atoms in total. The van der Waals surface area contributed by atoms with Crippen molar-refractivity contribution >= 4 is 11.8 Å². The average Bonchev–Trinajstić information content (AvgIpc) is 2.84. The van der Waals surface area contributed by atoms with Crippen molar-refractivity contribution in [3.05, 3.63) is 29.2 Å². The fourth-order valence-corrected chi connectivity index (χ4v) is 2.72. The van der Waals surface area contributed by atoms with Gasteiger partial charge in [-0.2, -0.15) is 10.1 Å². The van der Waals surface area contributed by atoms with Crippen LogP contribution in [0.4, 0.5) is 14.6 Å². The molecule has 0 aromatic carbocycles. The van der Waals surface area contributed by atoms with E-state index >= 15 is 0 Å². The zero-order chi connectivity index (χ0) is 18.2. The number of hydrogen-bond donors (Lipinski definition) is 1. The summed E-state index contributed by atoms with van der Waals surface area (Å²) in [6, 6.07) is 2.86. The molecule has 1 aliphatic rings. The van der Waals surface area contributed by atoms with Gasteiger partial charge in [-0.05, 0) is 26.8 Å². The van der Waals surface area contributed by atoms with E-state index in [9.17, 15) is 13.6 Å². The number of nitrogens with zero attached hydrogens (tertiary/aromatic N) is 4. The van der Waals surface area contributed by atoms with Gasteiger partial charge >= 0.3 is 5.97 Å². The summed E-state index contributed by atoms with van der Waals surface area (Å²) in [5.41, 5.74) is 1.61. The highest BCUT2D eigenvalue weighted by atomic mass is 19.3. The van der Waals surface area contributed by atoms with Crippen LogP contribution in [0.25, 0.3) is 5.95 Å². The maximum absolute atomic E-state index is 13.0. The van der Waals surface area contributed by atoms with Crippen LogP contribution >= 0.6 is 0 Å². The molecular formula is C16H19F2N5O2. The van der Waals surface area contributed by atoms with Crippen molar-refractivity contribution in [1.82, 2.24) is 19.7 Å². The van der Waals surface area contributed by atoms with Gasteiger partial charge in [0.15, 0.2) is 5.69 Å². The normalized spacial score (nSPS) is 16.4. The zero-order valence-corrected chi connectivity index (χ0v) is 14.2. The van der Waals surface area contributed by atoms with E-state index in [0.717, 1.165) is 11.4 Å². The molecule has 1 saturated carbocycles. The van der Waals surface area contributed by atoms with Gasteiger partial charge in [-0.3, -0.25) is 0 Å². The van der Waals surface area contributed by atoms with Crippen LogP contribution in [0.3, 0.4) is 0 Å². The minimum Gasteiger partial charge on any atom is -0.461 e. The first-order chi connectivity index (χ1) is 11.8. The molecule has 0 unspecified atom stereocenters. The van der Waals surface area contributed by atoms with Crippen LogP contribution in [0.5, 0.6) is 0 Å². The highest BCUT2D eigenvalue weighted by molar-refractivity contribution is 5.88. The number of alkyl halides is 2. The summed E-state index contributed by atoms with van der Waals surface area (Å²) in [5, 5.41) is 7.22. The quantitative estimate of drug-likeness (QED) is 0.834. The summed E-state index contributed by atoms with van der Waals surface area (Å²) in [5.74, 6) is -2.77. The number of esters is 1. The number of carbonyl (C=O) groups excluding carboxylic acids is 1. The summed E-state index contributed by atoms with van der Waals surface area (Å²) in [6.45, 7) is 5.56. The van der Waals surface area contributed by atoms with Gasteiger partial charge in [0.05, 0.1) is 12.3 Å². The molecule has 0 spiro atoms. The molecule has 2 aromatic rings. The van der Waals surface area contributed by atoms with Crippen molar-refractivity contribution in [2.45, 2.75) is 45.6 Å². The minimum atomic E-state index is -2.65. The van der Waals surface area contributed by atoms with Gasteiger partial charge in [0.1, 0.15) is 5.82 Å². The van der Waals surface area contributed by atoms with Gasteiger partial charge < -0.3 is 10.1 Å². The lowest BCUT2D eigenvalue weighted by Crippen LogP contribution is -2.44. The van der Waals surface area contributed by atoms with Crippen molar-refractivity contribution < 1.29 is 18.3 Å². The SMILES string of the molecule is CCOC(=O)c1cc(NC2CC(F)(F)C2)nc(-n2nc(C)cc2C)n1. The Morgan fingerprint density at radius 2 is 2.08 bits per heavy atom. The van der Waals surface area contributed by atoms with Gasteiger partial charge in [-0.15, -0.1) is 0 Å². The van der Waals surface area contributed by atoms with Gasteiger partial charge in [0.25, 0.3) is 11.9 Å². The minimum absolute atomic E-state index is 0.0491. The van der Waals surface area contributed by atoms with Crippen LogP contribution in [0.15, 0.2) is 12.1 Å². The fraction of sp³-hybridized carbons (Fsp3) is 0.500. The van der Waals surface area contributed by atoms with Gasteiger partial charge in [0, 0.05) is 30.6 Å². The predicted molar refractivity (Wildman–Crippen MR) is 86.2 cm³/mol. The molecule has 9 heteroatoms. The third-order valence-corrected chi connectivity index (χ3v) is 3.84. The van der Waals surface area contributed by atoms with E-state index in [2.05, 4.69) is 20.4 Å². The number of aromatic nitrogens is 4. The molecule has 0 atom stereocenters. The van der Waals surface area contributed by atoms with Crippen LogP contribution in [0.2, 0.25) is 0 Å². The first kappa shape index (κ1) is 17.2. The molecule has 2 aromatic heterocycles. The summed E-state index contributed by atoms with van der Waals surface area (Å²) in [6.07, 6.45) is -0.526. The molecule has 2 heterocycles. The zero-order valence-electron chi connectivity index (χ0n) is 14.2. The number of nitrogens with one attached hydrogen (secondary N) is 1. The van der Waals surface area contributed by atoms with E-state index < -0.39 is 17.9 Å². The first-order valence-corrected chi connectivity index (χ1v) is 8.01. The van der Waals surface area contributed by atoms with E-state index in [-0.39, 0.29) is 31.1 Å². The maximum Gasteiger partial charge on any atom is 0.357 e. The Bertz CT molecular complexity index is 798. The molecule has 0 aliphatic heterocycles. The fourth-order valence-electron chi connectivity index (χ4n) is 2.72. The van der Waals surface area contributed by atoms with Crippen molar-refractivity contribution in [3.8, 4) is 5.95 Å². The Morgan fingerprint density at radius 1 is 1.36 bits per heavy atom. The van der Waals surface area contributed by atoms with Gasteiger partial charge in [-0.1, -0.05) is 0 Å². The number of aryl methyl sites for hydroxylation is 2.